The van der Waals surface area contributed by atoms with Crippen molar-refractivity contribution in [3.8, 4) is 11.5 Å². The first-order valence-electron chi connectivity index (χ1n) is 7.68. The molecule has 1 N–H and O–H groups in total. The molecular weight excluding hydrogens is 390 g/mol. The lowest BCUT2D eigenvalue weighted by molar-refractivity contribution is -0.116. The lowest BCUT2D eigenvalue weighted by Crippen LogP contribution is -2.19. The average molecular weight is 405 g/mol. The number of hydrogen-bond acceptors (Lipinski definition) is 8. The van der Waals surface area contributed by atoms with Crippen LogP contribution in [0.5, 0.6) is 11.5 Å². The van der Waals surface area contributed by atoms with Crippen LogP contribution in [0.1, 0.15) is 5.56 Å². The molecule has 1 aliphatic rings. The van der Waals surface area contributed by atoms with Crippen LogP contribution in [0.25, 0.3) is 0 Å². The third kappa shape index (κ3) is 5.08. The lowest BCUT2D eigenvalue weighted by atomic mass is 10.2. The summed E-state index contributed by atoms with van der Waals surface area (Å²) in [5.74, 6) is 0.960. The van der Waals surface area contributed by atoms with Crippen LogP contribution < -0.4 is 14.2 Å². The first-order valence-corrected chi connectivity index (χ1v) is 10.1. The molecule has 2 aromatic rings. The first-order chi connectivity index (χ1) is 13.0. The smallest absolute Gasteiger partial charge is 0.339 e. The van der Waals surface area contributed by atoms with E-state index in [9.17, 15) is 13.2 Å². The molecule has 8 nitrogen and oxygen atoms in total. The number of rotatable bonds is 6. The Bertz CT molecular complexity index is 984. The number of carbonyl (C=O) groups is 1. The van der Waals surface area contributed by atoms with Crippen molar-refractivity contribution in [1.82, 2.24) is 5.32 Å². The van der Waals surface area contributed by atoms with Gasteiger partial charge >= 0.3 is 10.1 Å². The first kappa shape index (κ1) is 18.9. The summed E-state index contributed by atoms with van der Waals surface area (Å²) in [4.78, 5) is 11.1. The number of hydrogen-bond donors (Lipinski definition) is 1. The van der Waals surface area contributed by atoms with Crippen molar-refractivity contribution in [3.63, 3.8) is 0 Å². The van der Waals surface area contributed by atoms with E-state index in [4.69, 9.17) is 8.92 Å². The zero-order valence-corrected chi connectivity index (χ0v) is 15.8. The van der Waals surface area contributed by atoms with E-state index in [2.05, 4.69) is 15.5 Å². The summed E-state index contributed by atoms with van der Waals surface area (Å²) in [6.07, 6.45) is 1.49. The number of nitrogens with one attached hydrogen (secondary N) is 1. The Morgan fingerprint density at radius 1 is 1.07 bits per heavy atom. The molecule has 0 saturated carbocycles. The number of carbonyl (C=O) groups excluding carboxylic acids is 1. The van der Waals surface area contributed by atoms with Crippen LogP contribution in [0.2, 0.25) is 0 Å². The Kier molecular flexibility index (Phi) is 5.77. The van der Waals surface area contributed by atoms with Crippen LogP contribution in [0.15, 0.2) is 63.6 Å². The molecule has 0 spiro atoms. The van der Waals surface area contributed by atoms with Crippen molar-refractivity contribution in [2.45, 2.75) is 4.90 Å². The van der Waals surface area contributed by atoms with Crippen LogP contribution >= 0.6 is 11.8 Å². The van der Waals surface area contributed by atoms with E-state index < -0.39 is 10.1 Å². The van der Waals surface area contributed by atoms with E-state index in [1.807, 2.05) is 0 Å². The third-order valence-electron chi connectivity index (χ3n) is 3.38. The summed E-state index contributed by atoms with van der Waals surface area (Å²) in [6.45, 7) is 0. The molecule has 1 fully saturated rings. The second-order valence-corrected chi connectivity index (χ2v) is 7.78. The van der Waals surface area contributed by atoms with Crippen LogP contribution in [0.3, 0.4) is 0 Å². The fraction of sp³-hybridized carbons (Fsp3) is 0.118. The molecule has 10 heteroatoms. The molecule has 1 saturated heterocycles. The highest BCUT2D eigenvalue weighted by molar-refractivity contribution is 8.15. The predicted molar refractivity (Wildman–Crippen MR) is 103 cm³/mol. The summed E-state index contributed by atoms with van der Waals surface area (Å²) in [5.41, 5.74) is 0.697. The summed E-state index contributed by atoms with van der Waals surface area (Å²) in [7, 11) is -2.44. The largest absolute Gasteiger partial charge is 0.497 e. The van der Waals surface area contributed by atoms with Gasteiger partial charge in [0.1, 0.15) is 16.4 Å². The van der Waals surface area contributed by atoms with Gasteiger partial charge in [-0.05, 0) is 54.1 Å². The van der Waals surface area contributed by atoms with Crippen LogP contribution in [-0.2, 0) is 14.9 Å². The molecule has 27 heavy (non-hydrogen) atoms. The quantitative estimate of drug-likeness (QED) is 0.448. The molecule has 0 aliphatic carbocycles. The standard InChI is InChI=1S/C17H15N3O5S2/c1-24-13-6-8-15(9-7-13)27(22,23)25-14-4-2-12(3-5-14)10-18-20-17-19-16(21)11-26-17/h2-10H,11H2,1H3,(H,19,20,21)/b18-10+. The van der Waals surface area contributed by atoms with Crippen molar-refractivity contribution < 1.29 is 22.1 Å². The minimum absolute atomic E-state index is 0.0286. The van der Waals surface area contributed by atoms with Crippen LogP contribution in [0.4, 0.5) is 0 Å². The number of benzene rings is 2. The summed E-state index contributed by atoms with van der Waals surface area (Å²) >= 11 is 1.28. The third-order valence-corrected chi connectivity index (χ3v) is 5.50. The number of thioether (sulfide) groups is 1. The molecule has 3 rings (SSSR count). The van der Waals surface area contributed by atoms with Crippen LogP contribution in [0, 0.1) is 0 Å². The maximum absolute atomic E-state index is 12.3. The van der Waals surface area contributed by atoms with Gasteiger partial charge in [0.2, 0.25) is 5.91 Å². The molecule has 1 heterocycles. The molecule has 1 amide bonds. The van der Waals surface area contributed by atoms with Crippen molar-refractivity contribution in [3.05, 3.63) is 54.1 Å². The van der Waals surface area contributed by atoms with Gasteiger partial charge in [0.25, 0.3) is 0 Å². The minimum Gasteiger partial charge on any atom is -0.497 e. The Morgan fingerprint density at radius 2 is 1.74 bits per heavy atom. The number of ether oxygens (including phenoxy) is 1. The predicted octanol–water partition coefficient (Wildman–Crippen LogP) is 2.02. The molecule has 0 unspecified atom stereocenters. The second kappa shape index (κ2) is 8.23. The van der Waals surface area contributed by atoms with E-state index in [1.54, 1.807) is 24.3 Å². The highest BCUT2D eigenvalue weighted by Crippen LogP contribution is 2.21. The average Bonchev–Trinajstić information content (AvgIpc) is 3.08. The number of nitrogens with zero attached hydrogens (tertiary/aromatic N) is 2. The van der Waals surface area contributed by atoms with Gasteiger partial charge in [-0.1, -0.05) is 11.8 Å². The fourth-order valence-electron chi connectivity index (χ4n) is 2.05. The zero-order chi connectivity index (χ0) is 19.3. The minimum atomic E-state index is -3.94. The van der Waals surface area contributed by atoms with E-state index in [0.29, 0.717) is 22.2 Å². The Hall–Kier alpha value is -2.85. The maximum Gasteiger partial charge on any atom is 0.339 e. The van der Waals surface area contributed by atoms with Gasteiger partial charge < -0.3 is 14.2 Å². The fourth-order valence-corrected chi connectivity index (χ4v) is 3.61. The van der Waals surface area contributed by atoms with Crippen molar-refractivity contribution in [1.29, 1.82) is 0 Å². The van der Waals surface area contributed by atoms with E-state index in [1.165, 1.54) is 49.4 Å². The second-order valence-electron chi connectivity index (χ2n) is 5.27. The highest BCUT2D eigenvalue weighted by atomic mass is 32.2. The Morgan fingerprint density at radius 3 is 2.33 bits per heavy atom. The van der Waals surface area contributed by atoms with E-state index >= 15 is 0 Å². The van der Waals surface area contributed by atoms with Gasteiger partial charge in [0.15, 0.2) is 5.17 Å². The van der Waals surface area contributed by atoms with E-state index in [-0.39, 0.29) is 16.6 Å². The van der Waals surface area contributed by atoms with Crippen LogP contribution in [-0.4, -0.2) is 38.6 Å². The van der Waals surface area contributed by atoms with E-state index in [0.717, 1.165) is 0 Å². The molecule has 0 atom stereocenters. The van der Waals surface area contributed by atoms with Gasteiger partial charge in [-0.25, -0.2) is 0 Å². The topological polar surface area (TPSA) is 106 Å². The molecule has 1 aliphatic heterocycles. The van der Waals surface area contributed by atoms with Crippen molar-refractivity contribution in [2.75, 3.05) is 12.9 Å². The molecule has 0 bridgehead atoms. The highest BCUT2D eigenvalue weighted by Gasteiger charge is 2.17. The van der Waals surface area contributed by atoms with Gasteiger partial charge in [-0.15, -0.1) is 5.10 Å². The number of methoxy groups -OCH3 is 1. The van der Waals surface area contributed by atoms with Gasteiger partial charge in [-0.3, -0.25) is 4.79 Å². The van der Waals surface area contributed by atoms with Gasteiger partial charge in [0.05, 0.1) is 19.1 Å². The number of amides is 1. The Labute approximate surface area is 160 Å². The van der Waals surface area contributed by atoms with Gasteiger partial charge in [0, 0.05) is 0 Å². The molecule has 140 valence electrons. The summed E-state index contributed by atoms with van der Waals surface area (Å²) < 4.78 is 34.7. The SMILES string of the molecule is COc1ccc(S(=O)(=O)Oc2ccc(/C=N/N=C3\NC(=O)CS3)cc2)cc1. The zero-order valence-electron chi connectivity index (χ0n) is 14.2. The summed E-state index contributed by atoms with van der Waals surface area (Å²) in [6, 6.07) is 12.2. The van der Waals surface area contributed by atoms with Crippen molar-refractivity contribution >= 4 is 39.2 Å². The monoisotopic (exact) mass is 405 g/mol. The Balaban J connectivity index is 1.65. The van der Waals surface area contributed by atoms with Crippen molar-refractivity contribution in [2.24, 2.45) is 10.2 Å². The summed E-state index contributed by atoms with van der Waals surface area (Å²) in [5, 5.41) is 10.8. The lowest BCUT2D eigenvalue weighted by Gasteiger charge is -2.07. The molecular formula is C17H15N3O5S2. The normalized spacial score (nSPS) is 15.9. The maximum atomic E-state index is 12.3. The molecule has 0 aromatic heterocycles. The molecule has 0 radical (unpaired) electrons. The number of amidine groups is 1. The van der Waals surface area contributed by atoms with Gasteiger partial charge in [-0.2, -0.15) is 13.5 Å². The molecule has 2 aromatic carbocycles.